The summed E-state index contributed by atoms with van der Waals surface area (Å²) in [6, 6.07) is 0. The second-order valence-electron chi connectivity index (χ2n) is 9.56. The highest BCUT2D eigenvalue weighted by Gasteiger charge is 2.29. The Morgan fingerprint density at radius 1 is 1.38 bits per heavy atom. The molecule has 2 aliphatic rings. The van der Waals surface area contributed by atoms with Crippen molar-refractivity contribution < 1.29 is 19.7 Å². The maximum atomic E-state index is 11.1. The Kier molecular flexibility index (Phi) is 8.07. The van der Waals surface area contributed by atoms with E-state index >= 15 is 0 Å². The first kappa shape index (κ1) is 23.6. The third kappa shape index (κ3) is 7.27. The van der Waals surface area contributed by atoms with E-state index in [1.165, 1.54) is 42.1 Å². The van der Waals surface area contributed by atoms with Gasteiger partial charge in [-0.15, -0.1) is 0 Å². The highest BCUT2D eigenvalue weighted by Crippen LogP contribution is 2.43. The molecule has 1 aliphatic carbocycles. The highest BCUT2D eigenvalue weighted by molar-refractivity contribution is 5.85. The van der Waals surface area contributed by atoms with Gasteiger partial charge in [-0.1, -0.05) is 48.8 Å². The number of rotatable bonds is 9. The van der Waals surface area contributed by atoms with Crippen molar-refractivity contribution in [3.63, 3.8) is 0 Å². The van der Waals surface area contributed by atoms with Gasteiger partial charge in [0.1, 0.15) is 0 Å². The molecule has 0 aromatic heterocycles. The standard InChI is InChI=1S/C25H38O4/c1-18(9-6-12-20-17-22(26)29-23(20)27)10-7-15-25(5,28)16-13-21-19(2)11-8-14-24(21,3)4/h7,9,15,17,23,27-28H,6,8,10-14,16H2,1-5H3/b15-7+,18-9+/t23-,25+/m0/s1. The van der Waals surface area contributed by atoms with E-state index in [1.54, 1.807) is 0 Å². The molecule has 162 valence electrons. The van der Waals surface area contributed by atoms with E-state index < -0.39 is 17.9 Å². The molecular formula is C25H38O4. The minimum Gasteiger partial charge on any atom is -0.429 e. The number of esters is 1. The number of ether oxygens (including phenoxy) is 1. The van der Waals surface area contributed by atoms with Gasteiger partial charge in [-0.2, -0.15) is 0 Å². The fourth-order valence-corrected chi connectivity index (χ4v) is 4.39. The smallest absolute Gasteiger partial charge is 0.333 e. The maximum Gasteiger partial charge on any atom is 0.333 e. The molecule has 0 bridgehead atoms. The largest absolute Gasteiger partial charge is 0.429 e. The monoisotopic (exact) mass is 402 g/mol. The van der Waals surface area contributed by atoms with Gasteiger partial charge in [-0.05, 0) is 77.6 Å². The quantitative estimate of drug-likeness (QED) is 0.394. The lowest BCUT2D eigenvalue weighted by molar-refractivity contribution is -0.151. The minimum absolute atomic E-state index is 0.249. The molecule has 0 fully saturated rings. The van der Waals surface area contributed by atoms with Crippen molar-refractivity contribution in [3.05, 3.63) is 46.6 Å². The van der Waals surface area contributed by atoms with E-state index in [0.29, 0.717) is 12.0 Å². The van der Waals surface area contributed by atoms with Gasteiger partial charge in [-0.3, -0.25) is 0 Å². The Morgan fingerprint density at radius 2 is 2.10 bits per heavy atom. The fraction of sp³-hybridized carbons (Fsp3) is 0.640. The van der Waals surface area contributed by atoms with Crippen LogP contribution in [0, 0.1) is 5.41 Å². The zero-order valence-electron chi connectivity index (χ0n) is 18.8. The van der Waals surface area contributed by atoms with Crippen molar-refractivity contribution in [2.45, 2.75) is 97.9 Å². The second-order valence-corrected chi connectivity index (χ2v) is 9.56. The number of cyclic esters (lactones) is 1. The molecule has 0 spiro atoms. The van der Waals surface area contributed by atoms with Gasteiger partial charge in [-0.25, -0.2) is 4.79 Å². The molecule has 4 nitrogen and oxygen atoms in total. The van der Waals surface area contributed by atoms with E-state index in [0.717, 1.165) is 25.7 Å². The van der Waals surface area contributed by atoms with Gasteiger partial charge in [0.15, 0.2) is 0 Å². The van der Waals surface area contributed by atoms with Crippen LogP contribution in [-0.4, -0.2) is 28.1 Å². The van der Waals surface area contributed by atoms with Crippen molar-refractivity contribution >= 4 is 5.97 Å². The molecule has 0 saturated carbocycles. The molecule has 2 atom stereocenters. The van der Waals surface area contributed by atoms with Gasteiger partial charge in [0, 0.05) is 11.6 Å². The Labute approximate surface area is 176 Å². The summed E-state index contributed by atoms with van der Waals surface area (Å²) >= 11 is 0. The zero-order valence-corrected chi connectivity index (χ0v) is 18.8. The number of aliphatic hydroxyl groups is 2. The van der Waals surface area contributed by atoms with E-state index in [-0.39, 0.29) is 5.41 Å². The molecule has 1 heterocycles. The molecule has 2 N–H and O–H groups in total. The number of carbonyl (C=O) groups is 1. The molecule has 1 aliphatic heterocycles. The minimum atomic E-state index is -1.08. The summed E-state index contributed by atoms with van der Waals surface area (Å²) < 4.78 is 4.68. The topological polar surface area (TPSA) is 66.8 Å². The molecule has 0 radical (unpaired) electrons. The van der Waals surface area contributed by atoms with Crippen LogP contribution in [0.3, 0.4) is 0 Å². The number of hydrogen-bond donors (Lipinski definition) is 2. The molecular weight excluding hydrogens is 364 g/mol. The molecule has 29 heavy (non-hydrogen) atoms. The van der Waals surface area contributed by atoms with E-state index in [9.17, 15) is 15.0 Å². The van der Waals surface area contributed by atoms with Crippen LogP contribution in [0.1, 0.15) is 86.0 Å². The lowest BCUT2D eigenvalue weighted by Crippen LogP contribution is -2.25. The summed E-state index contributed by atoms with van der Waals surface area (Å²) in [5.41, 5.74) is 4.31. The molecule has 2 rings (SSSR count). The summed E-state index contributed by atoms with van der Waals surface area (Å²) in [4.78, 5) is 11.1. The third-order valence-corrected chi connectivity index (χ3v) is 6.26. The average Bonchev–Trinajstić information content (AvgIpc) is 2.91. The molecule has 4 heteroatoms. The maximum absolute atomic E-state index is 11.1. The molecule has 0 aromatic carbocycles. The Hall–Kier alpha value is -1.65. The fourth-order valence-electron chi connectivity index (χ4n) is 4.39. The van der Waals surface area contributed by atoms with E-state index in [1.807, 2.05) is 19.1 Å². The van der Waals surface area contributed by atoms with Gasteiger partial charge < -0.3 is 14.9 Å². The van der Waals surface area contributed by atoms with Gasteiger partial charge in [0.05, 0.1) is 5.60 Å². The Balaban J connectivity index is 1.80. The predicted molar refractivity (Wildman–Crippen MR) is 117 cm³/mol. The van der Waals surface area contributed by atoms with Crippen molar-refractivity contribution in [1.29, 1.82) is 0 Å². The van der Waals surface area contributed by atoms with Crippen molar-refractivity contribution in [2.75, 3.05) is 0 Å². The lowest BCUT2D eigenvalue weighted by atomic mass is 9.70. The second kappa shape index (κ2) is 9.90. The van der Waals surface area contributed by atoms with Gasteiger partial charge >= 0.3 is 5.97 Å². The number of allylic oxidation sites excluding steroid dienone is 5. The molecule has 0 amide bonds. The SMILES string of the molecule is CC1=C(CC[C@](C)(O)/C=C/C/C(C)=C/CCC2=CC(=O)O[C@@H]2O)C(C)(C)CCC1. The molecule has 0 unspecified atom stereocenters. The van der Waals surface area contributed by atoms with E-state index in [2.05, 4.69) is 38.5 Å². The third-order valence-electron chi connectivity index (χ3n) is 6.26. The first-order valence-electron chi connectivity index (χ1n) is 10.8. The first-order chi connectivity index (χ1) is 13.5. The summed E-state index contributed by atoms with van der Waals surface area (Å²) in [5, 5.41) is 20.4. The summed E-state index contributed by atoms with van der Waals surface area (Å²) in [6.07, 6.45) is 13.9. The van der Waals surface area contributed by atoms with Crippen LogP contribution < -0.4 is 0 Å². The first-order valence-corrected chi connectivity index (χ1v) is 10.8. The van der Waals surface area contributed by atoms with Crippen LogP contribution in [0.5, 0.6) is 0 Å². The zero-order chi connectivity index (χ0) is 21.7. The van der Waals surface area contributed by atoms with Gasteiger partial charge in [0.2, 0.25) is 6.29 Å². The Morgan fingerprint density at radius 3 is 2.72 bits per heavy atom. The average molecular weight is 403 g/mol. The van der Waals surface area contributed by atoms with Crippen LogP contribution in [-0.2, 0) is 9.53 Å². The predicted octanol–water partition coefficient (Wildman–Crippen LogP) is 5.52. The Bertz CT molecular complexity index is 719. The van der Waals surface area contributed by atoms with Crippen molar-refractivity contribution in [1.82, 2.24) is 0 Å². The number of hydrogen-bond acceptors (Lipinski definition) is 4. The highest BCUT2D eigenvalue weighted by atomic mass is 16.6. The van der Waals surface area contributed by atoms with Crippen molar-refractivity contribution in [2.24, 2.45) is 5.41 Å². The summed E-state index contributed by atoms with van der Waals surface area (Å²) in [5.74, 6) is -0.471. The van der Waals surface area contributed by atoms with Crippen LogP contribution in [0.2, 0.25) is 0 Å². The van der Waals surface area contributed by atoms with Crippen LogP contribution >= 0.6 is 0 Å². The van der Waals surface area contributed by atoms with Crippen LogP contribution in [0.4, 0.5) is 0 Å². The van der Waals surface area contributed by atoms with Crippen LogP contribution in [0.25, 0.3) is 0 Å². The van der Waals surface area contributed by atoms with E-state index in [4.69, 9.17) is 0 Å². The van der Waals surface area contributed by atoms with Gasteiger partial charge in [0.25, 0.3) is 0 Å². The summed E-state index contributed by atoms with van der Waals surface area (Å²) in [6.45, 7) is 10.8. The molecule has 0 saturated heterocycles. The normalized spacial score (nSPS) is 24.7. The number of carbonyl (C=O) groups excluding carboxylic acids is 1. The summed E-state index contributed by atoms with van der Waals surface area (Å²) in [7, 11) is 0. The van der Waals surface area contributed by atoms with Crippen molar-refractivity contribution in [3.8, 4) is 0 Å². The van der Waals surface area contributed by atoms with Crippen LogP contribution in [0.15, 0.2) is 46.6 Å². The lowest BCUT2D eigenvalue weighted by Gasteiger charge is -2.36. The molecule has 0 aromatic rings. The number of aliphatic hydroxyl groups excluding tert-OH is 1.